The van der Waals surface area contributed by atoms with Crippen LogP contribution in [0.2, 0.25) is 0 Å². The highest BCUT2D eigenvalue weighted by molar-refractivity contribution is 6.01. The molecule has 1 aromatic carbocycles. The second-order valence-electron chi connectivity index (χ2n) is 5.79. The molecule has 1 fully saturated rings. The van der Waals surface area contributed by atoms with Gasteiger partial charge in [-0.05, 0) is 36.4 Å². The fourth-order valence-corrected chi connectivity index (χ4v) is 2.60. The summed E-state index contributed by atoms with van der Waals surface area (Å²) >= 11 is 0. The van der Waals surface area contributed by atoms with Gasteiger partial charge in [0.05, 0.1) is 6.04 Å². The van der Waals surface area contributed by atoms with Crippen LogP contribution in [0, 0.1) is 0 Å². The lowest BCUT2D eigenvalue weighted by molar-refractivity contribution is -0.113. The van der Waals surface area contributed by atoms with Gasteiger partial charge in [0.1, 0.15) is 12.1 Å². The molecule has 1 aliphatic rings. The van der Waals surface area contributed by atoms with Crippen LogP contribution in [0.3, 0.4) is 0 Å². The predicted molar refractivity (Wildman–Crippen MR) is 95.5 cm³/mol. The SMILES string of the molecule is C=CC(=O)N(C)c1ccc(C(=O)NC2CN(c3ccncn3)C2)cc1. The van der Waals surface area contributed by atoms with Crippen molar-refractivity contribution in [3.8, 4) is 0 Å². The molecule has 0 radical (unpaired) electrons. The number of amides is 2. The normalized spacial score (nSPS) is 13.7. The summed E-state index contributed by atoms with van der Waals surface area (Å²) in [5, 5.41) is 2.99. The van der Waals surface area contributed by atoms with Crippen molar-refractivity contribution in [1.82, 2.24) is 15.3 Å². The molecule has 7 heteroatoms. The largest absolute Gasteiger partial charge is 0.352 e. The zero-order valence-corrected chi connectivity index (χ0v) is 13.9. The lowest BCUT2D eigenvalue weighted by Gasteiger charge is -2.40. The fourth-order valence-electron chi connectivity index (χ4n) is 2.60. The van der Waals surface area contributed by atoms with Gasteiger partial charge >= 0.3 is 0 Å². The minimum atomic E-state index is -0.198. The Morgan fingerprint density at radius 3 is 2.60 bits per heavy atom. The van der Waals surface area contributed by atoms with Crippen molar-refractivity contribution in [2.75, 3.05) is 29.9 Å². The summed E-state index contributed by atoms with van der Waals surface area (Å²) in [6, 6.07) is 8.83. The van der Waals surface area contributed by atoms with Gasteiger partial charge in [0, 0.05) is 37.6 Å². The molecule has 128 valence electrons. The summed E-state index contributed by atoms with van der Waals surface area (Å²) in [6.07, 6.45) is 4.46. The van der Waals surface area contributed by atoms with Gasteiger partial charge in [-0.2, -0.15) is 0 Å². The number of anilines is 2. The van der Waals surface area contributed by atoms with Gasteiger partial charge in [-0.1, -0.05) is 6.58 Å². The minimum Gasteiger partial charge on any atom is -0.352 e. The maximum absolute atomic E-state index is 12.3. The van der Waals surface area contributed by atoms with Crippen LogP contribution in [-0.4, -0.2) is 48.0 Å². The molecule has 0 aliphatic carbocycles. The summed E-state index contributed by atoms with van der Waals surface area (Å²) in [6.45, 7) is 4.90. The second-order valence-corrected chi connectivity index (χ2v) is 5.79. The van der Waals surface area contributed by atoms with Crippen LogP contribution < -0.4 is 15.1 Å². The molecule has 0 unspecified atom stereocenters. The molecule has 1 N–H and O–H groups in total. The minimum absolute atomic E-state index is 0.0900. The molecule has 1 aliphatic heterocycles. The Morgan fingerprint density at radius 1 is 1.28 bits per heavy atom. The first kappa shape index (κ1) is 16.6. The first-order valence-corrected chi connectivity index (χ1v) is 7.90. The molecule has 0 saturated carbocycles. The van der Waals surface area contributed by atoms with Gasteiger partial charge in [-0.15, -0.1) is 0 Å². The van der Waals surface area contributed by atoms with Gasteiger partial charge in [-0.25, -0.2) is 9.97 Å². The topological polar surface area (TPSA) is 78.4 Å². The molecule has 1 aromatic heterocycles. The lowest BCUT2D eigenvalue weighted by Crippen LogP contribution is -2.59. The molecule has 0 spiro atoms. The zero-order valence-electron chi connectivity index (χ0n) is 13.9. The van der Waals surface area contributed by atoms with Gasteiger partial charge in [0.2, 0.25) is 5.91 Å². The van der Waals surface area contributed by atoms with Crippen LogP contribution in [0.15, 0.2) is 55.5 Å². The van der Waals surface area contributed by atoms with Gasteiger partial charge in [0.25, 0.3) is 5.91 Å². The highest BCUT2D eigenvalue weighted by Crippen LogP contribution is 2.18. The number of nitrogens with zero attached hydrogens (tertiary/aromatic N) is 4. The van der Waals surface area contributed by atoms with Crippen molar-refractivity contribution in [1.29, 1.82) is 0 Å². The van der Waals surface area contributed by atoms with E-state index in [1.807, 2.05) is 6.07 Å². The maximum Gasteiger partial charge on any atom is 0.251 e. The summed E-state index contributed by atoms with van der Waals surface area (Å²) in [5.74, 6) is 0.535. The lowest BCUT2D eigenvalue weighted by atomic mass is 10.1. The third-order valence-corrected chi connectivity index (χ3v) is 4.13. The van der Waals surface area contributed by atoms with E-state index in [2.05, 4.69) is 26.8 Å². The molecule has 0 atom stereocenters. The van der Waals surface area contributed by atoms with Crippen LogP contribution >= 0.6 is 0 Å². The Bertz CT molecular complexity index is 770. The van der Waals surface area contributed by atoms with Crippen molar-refractivity contribution in [2.45, 2.75) is 6.04 Å². The summed E-state index contributed by atoms with van der Waals surface area (Å²) in [4.78, 5) is 35.5. The number of rotatable bonds is 5. The Balaban J connectivity index is 1.54. The Morgan fingerprint density at radius 2 is 2.00 bits per heavy atom. The number of hydrogen-bond acceptors (Lipinski definition) is 5. The van der Waals surface area contributed by atoms with Gasteiger partial charge in [-0.3, -0.25) is 9.59 Å². The maximum atomic E-state index is 12.3. The quantitative estimate of drug-likeness (QED) is 0.831. The predicted octanol–water partition coefficient (Wildman–Crippen LogP) is 1.24. The van der Waals surface area contributed by atoms with Crippen molar-refractivity contribution < 1.29 is 9.59 Å². The second kappa shape index (κ2) is 7.12. The van der Waals surface area contributed by atoms with Crippen molar-refractivity contribution in [3.63, 3.8) is 0 Å². The number of carbonyl (C=O) groups is 2. The molecule has 0 bridgehead atoms. The monoisotopic (exact) mass is 337 g/mol. The first-order valence-electron chi connectivity index (χ1n) is 7.90. The van der Waals surface area contributed by atoms with E-state index < -0.39 is 0 Å². The van der Waals surface area contributed by atoms with Crippen LogP contribution in [-0.2, 0) is 4.79 Å². The molecular formula is C18H19N5O2. The zero-order chi connectivity index (χ0) is 17.8. The average molecular weight is 337 g/mol. The molecule has 25 heavy (non-hydrogen) atoms. The molecule has 2 aromatic rings. The van der Waals surface area contributed by atoms with Crippen molar-refractivity contribution >= 4 is 23.3 Å². The average Bonchev–Trinajstić information content (AvgIpc) is 2.63. The van der Waals surface area contributed by atoms with Crippen LogP contribution in [0.1, 0.15) is 10.4 Å². The first-order chi connectivity index (χ1) is 12.1. The number of hydrogen-bond donors (Lipinski definition) is 1. The Kier molecular flexibility index (Phi) is 4.74. The number of nitrogens with one attached hydrogen (secondary N) is 1. The molecule has 2 amide bonds. The van der Waals surface area contributed by atoms with Crippen molar-refractivity contribution in [3.05, 3.63) is 61.1 Å². The number of carbonyl (C=O) groups excluding carboxylic acids is 2. The van der Waals surface area contributed by atoms with Gasteiger partial charge < -0.3 is 15.1 Å². The number of benzene rings is 1. The highest BCUT2D eigenvalue weighted by atomic mass is 16.2. The smallest absolute Gasteiger partial charge is 0.251 e. The molecule has 3 rings (SSSR count). The number of likely N-dealkylation sites (N-methyl/N-ethyl adjacent to an activating group) is 1. The van der Waals surface area contributed by atoms with E-state index in [0.29, 0.717) is 11.3 Å². The third kappa shape index (κ3) is 3.65. The summed E-state index contributed by atoms with van der Waals surface area (Å²) in [5.41, 5.74) is 1.27. The van der Waals surface area contributed by atoms with Crippen molar-refractivity contribution in [2.24, 2.45) is 0 Å². The summed E-state index contributed by atoms with van der Waals surface area (Å²) in [7, 11) is 1.66. The number of aromatic nitrogens is 2. The van der Waals surface area contributed by atoms with E-state index in [1.54, 1.807) is 37.5 Å². The fraction of sp³-hybridized carbons (Fsp3) is 0.222. The third-order valence-electron chi connectivity index (χ3n) is 4.13. The van der Waals surface area contributed by atoms with E-state index in [0.717, 1.165) is 18.9 Å². The molecule has 7 nitrogen and oxygen atoms in total. The molecular weight excluding hydrogens is 318 g/mol. The molecule has 2 heterocycles. The van der Waals surface area contributed by atoms with E-state index >= 15 is 0 Å². The van der Waals surface area contributed by atoms with E-state index in [4.69, 9.17) is 0 Å². The van der Waals surface area contributed by atoms with Crippen LogP contribution in [0.25, 0.3) is 0 Å². The Hall–Kier alpha value is -3.22. The van der Waals surface area contributed by atoms with Crippen LogP contribution in [0.4, 0.5) is 11.5 Å². The van der Waals surface area contributed by atoms with E-state index in [9.17, 15) is 9.59 Å². The summed E-state index contributed by atoms with van der Waals surface area (Å²) < 4.78 is 0. The van der Waals surface area contributed by atoms with E-state index in [-0.39, 0.29) is 17.9 Å². The molecule has 1 saturated heterocycles. The highest BCUT2D eigenvalue weighted by Gasteiger charge is 2.29. The van der Waals surface area contributed by atoms with Crippen LogP contribution in [0.5, 0.6) is 0 Å². The Labute approximate surface area is 146 Å². The van der Waals surface area contributed by atoms with E-state index in [1.165, 1.54) is 17.3 Å². The standard InChI is InChI=1S/C18H19N5O2/c1-3-17(24)22(2)15-6-4-13(5-7-15)18(25)21-14-10-23(11-14)16-8-9-19-12-20-16/h3-9,12,14H,1,10-11H2,2H3,(H,21,25). The van der Waals surface area contributed by atoms with Gasteiger partial charge in [0.15, 0.2) is 0 Å².